The molecule has 4 rings (SSSR count). The van der Waals surface area contributed by atoms with Gasteiger partial charge < -0.3 is 19.4 Å². The van der Waals surface area contributed by atoms with Gasteiger partial charge in [-0.3, -0.25) is 9.59 Å². The number of piperidine rings is 1. The van der Waals surface area contributed by atoms with Crippen LogP contribution in [-0.4, -0.2) is 49.8 Å². The second-order valence-corrected chi connectivity index (χ2v) is 7.86. The number of alkyl halides is 3. The van der Waals surface area contributed by atoms with Crippen molar-refractivity contribution < 1.29 is 18.0 Å². The summed E-state index contributed by atoms with van der Waals surface area (Å²) < 4.78 is 41.6. The molecule has 8 nitrogen and oxygen atoms in total. The van der Waals surface area contributed by atoms with Crippen molar-refractivity contribution in [1.29, 1.82) is 0 Å². The summed E-state index contributed by atoms with van der Waals surface area (Å²) in [4.78, 5) is 27.5. The van der Waals surface area contributed by atoms with Crippen molar-refractivity contribution in [1.82, 2.24) is 29.5 Å². The highest BCUT2D eigenvalue weighted by Gasteiger charge is 2.40. The van der Waals surface area contributed by atoms with E-state index in [0.717, 1.165) is 30.5 Å². The number of carbonyl (C=O) groups excluding carboxylic acids is 1. The van der Waals surface area contributed by atoms with Crippen LogP contribution in [0.2, 0.25) is 0 Å². The molecule has 0 spiro atoms. The maximum atomic E-state index is 13.1. The third-order valence-corrected chi connectivity index (χ3v) is 5.74. The summed E-state index contributed by atoms with van der Waals surface area (Å²) in [5, 5.41) is 10.1. The van der Waals surface area contributed by atoms with Crippen molar-refractivity contribution in [2.75, 3.05) is 19.6 Å². The van der Waals surface area contributed by atoms with Crippen LogP contribution in [0.5, 0.6) is 0 Å². The number of halogens is 3. The molecule has 162 valence electrons. The number of nitrogens with one attached hydrogen (secondary N) is 1. The molecule has 0 radical (unpaired) electrons. The Balaban J connectivity index is 1.57. The Morgan fingerprint density at radius 3 is 2.80 bits per heavy atom. The van der Waals surface area contributed by atoms with E-state index < -0.39 is 17.9 Å². The largest absolute Gasteiger partial charge is 0.451 e. The van der Waals surface area contributed by atoms with Gasteiger partial charge >= 0.3 is 6.18 Å². The second-order valence-electron chi connectivity index (χ2n) is 7.86. The molecule has 1 N–H and O–H groups in total. The first kappa shape index (κ1) is 20.6. The summed E-state index contributed by atoms with van der Waals surface area (Å²) in [6, 6.07) is 1.74. The molecule has 1 amide bonds. The van der Waals surface area contributed by atoms with Crippen LogP contribution in [0.4, 0.5) is 13.2 Å². The molecule has 0 aromatic carbocycles. The standard InChI is InChI=1S/C19H23F3N6O2/c1-12-4-6-26(10-13-3-2-5-23-9-13)16(29)15(12)17(30)27-7-8-28-14(11-27)24-25-18(28)19(20,21)22/h4,6,13,23H,2-3,5,7-11H2,1H3. The molecular formula is C19H23F3N6O2. The van der Waals surface area contributed by atoms with E-state index in [4.69, 9.17) is 0 Å². The van der Waals surface area contributed by atoms with Gasteiger partial charge in [0.1, 0.15) is 5.56 Å². The van der Waals surface area contributed by atoms with Gasteiger partial charge in [-0.1, -0.05) is 0 Å². The first-order valence-electron chi connectivity index (χ1n) is 9.95. The number of nitrogens with zero attached hydrogens (tertiary/aromatic N) is 5. The first-order valence-corrected chi connectivity index (χ1v) is 9.95. The van der Waals surface area contributed by atoms with Gasteiger partial charge in [-0.15, -0.1) is 10.2 Å². The monoisotopic (exact) mass is 424 g/mol. The lowest BCUT2D eigenvalue weighted by atomic mass is 9.99. The molecule has 4 heterocycles. The zero-order chi connectivity index (χ0) is 21.5. The van der Waals surface area contributed by atoms with Crippen molar-refractivity contribution in [3.8, 4) is 0 Å². The Bertz CT molecular complexity index is 1010. The Morgan fingerprint density at radius 1 is 1.30 bits per heavy atom. The number of rotatable bonds is 3. The molecule has 0 saturated carbocycles. The predicted octanol–water partition coefficient (Wildman–Crippen LogP) is 1.42. The number of pyridine rings is 1. The maximum Gasteiger partial charge on any atom is 0.451 e. The van der Waals surface area contributed by atoms with Crippen molar-refractivity contribution in [3.63, 3.8) is 0 Å². The molecular weight excluding hydrogens is 401 g/mol. The lowest BCUT2D eigenvalue weighted by Crippen LogP contribution is -2.43. The van der Waals surface area contributed by atoms with E-state index in [1.54, 1.807) is 23.8 Å². The lowest BCUT2D eigenvalue weighted by Gasteiger charge is -2.28. The molecule has 0 aliphatic carbocycles. The number of aromatic nitrogens is 4. The molecule has 2 aromatic rings. The molecule has 1 fully saturated rings. The van der Waals surface area contributed by atoms with Crippen molar-refractivity contribution in [3.05, 3.63) is 45.4 Å². The number of hydrogen-bond donors (Lipinski definition) is 1. The maximum absolute atomic E-state index is 13.1. The van der Waals surface area contributed by atoms with E-state index >= 15 is 0 Å². The fourth-order valence-electron chi connectivity index (χ4n) is 4.13. The molecule has 30 heavy (non-hydrogen) atoms. The minimum Gasteiger partial charge on any atom is -0.329 e. The van der Waals surface area contributed by atoms with E-state index in [9.17, 15) is 22.8 Å². The molecule has 2 aromatic heterocycles. The van der Waals surface area contributed by atoms with Crippen LogP contribution in [0.3, 0.4) is 0 Å². The highest BCUT2D eigenvalue weighted by atomic mass is 19.4. The Kier molecular flexibility index (Phi) is 5.39. The molecule has 11 heteroatoms. The third kappa shape index (κ3) is 3.85. The van der Waals surface area contributed by atoms with E-state index in [1.165, 1.54) is 4.90 Å². The summed E-state index contributed by atoms with van der Waals surface area (Å²) >= 11 is 0. The fraction of sp³-hybridized carbons (Fsp3) is 0.579. The van der Waals surface area contributed by atoms with Crippen LogP contribution in [0.25, 0.3) is 0 Å². The van der Waals surface area contributed by atoms with Gasteiger partial charge in [0.15, 0.2) is 5.82 Å². The van der Waals surface area contributed by atoms with Crippen molar-refractivity contribution in [2.24, 2.45) is 5.92 Å². The molecule has 1 saturated heterocycles. The Hall–Kier alpha value is -2.69. The van der Waals surface area contributed by atoms with Crippen LogP contribution in [0.1, 0.15) is 40.4 Å². The van der Waals surface area contributed by atoms with Crippen LogP contribution in [0.15, 0.2) is 17.1 Å². The quantitative estimate of drug-likeness (QED) is 0.806. The van der Waals surface area contributed by atoms with Crippen molar-refractivity contribution >= 4 is 5.91 Å². The van der Waals surface area contributed by atoms with Crippen LogP contribution >= 0.6 is 0 Å². The molecule has 2 aliphatic rings. The van der Waals surface area contributed by atoms with E-state index in [-0.39, 0.29) is 36.6 Å². The van der Waals surface area contributed by atoms with E-state index in [2.05, 4.69) is 15.5 Å². The van der Waals surface area contributed by atoms with Gasteiger partial charge in [0.05, 0.1) is 6.54 Å². The lowest BCUT2D eigenvalue weighted by molar-refractivity contribution is -0.147. The third-order valence-electron chi connectivity index (χ3n) is 5.74. The van der Waals surface area contributed by atoms with Crippen LogP contribution < -0.4 is 10.9 Å². The van der Waals surface area contributed by atoms with Gasteiger partial charge in [0.2, 0.25) is 5.82 Å². The molecule has 1 atom stereocenters. The number of aryl methyl sites for hydroxylation is 1. The minimum absolute atomic E-state index is 0.0489. The predicted molar refractivity (Wildman–Crippen MR) is 101 cm³/mol. The van der Waals surface area contributed by atoms with Gasteiger partial charge in [0, 0.05) is 25.8 Å². The average Bonchev–Trinajstić information content (AvgIpc) is 3.14. The van der Waals surface area contributed by atoms with Gasteiger partial charge in [-0.2, -0.15) is 13.2 Å². The first-order chi connectivity index (χ1) is 14.3. The summed E-state index contributed by atoms with van der Waals surface area (Å²) in [5.74, 6) is -1.18. The van der Waals surface area contributed by atoms with Gasteiger partial charge in [0.25, 0.3) is 11.5 Å². The number of fused-ring (bicyclic) bond motifs is 1. The minimum atomic E-state index is -4.60. The highest BCUT2D eigenvalue weighted by molar-refractivity contribution is 5.95. The number of amides is 1. The molecule has 1 unspecified atom stereocenters. The zero-order valence-electron chi connectivity index (χ0n) is 16.6. The van der Waals surface area contributed by atoms with Gasteiger partial charge in [-0.05, 0) is 50.4 Å². The highest BCUT2D eigenvalue weighted by Crippen LogP contribution is 2.29. The summed E-state index contributed by atoms with van der Waals surface area (Å²) in [6.07, 6.45) is -0.841. The Labute approximate surface area is 170 Å². The Morgan fingerprint density at radius 2 is 2.10 bits per heavy atom. The topological polar surface area (TPSA) is 85.0 Å². The summed E-state index contributed by atoms with van der Waals surface area (Å²) in [7, 11) is 0. The average molecular weight is 424 g/mol. The normalized spacial score (nSPS) is 19.6. The number of carbonyl (C=O) groups is 1. The number of hydrogen-bond acceptors (Lipinski definition) is 5. The summed E-state index contributed by atoms with van der Waals surface area (Å²) in [6.45, 7) is 3.86. The van der Waals surface area contributed by atoms with E-state index in [0.29, 0.717) is 18.0 Å². The van der Waals surface area contributed by atoms with Gasteiger partial charge in [-0.25, -0.2) is 0 Å². The van der Waals surface area contributed by atoms with Crippen LogP contribution in [0, 0.1) is 12.8 Å². The van der Waals surface area contributed by atoms with Crippen molar-refractivity contribution in [2.45, 2.75) is 45.6 Å². The summed E-state index contributed by atoms with van der Waals surface area (Å²) in [5.41, 5.74) is 0.241. The van der Waals surface area contributed by atoms with E-state index in [1.807, 2.05) is 0 Å². The molecule has 0 bridgehead atoms. The fourth-order valence-corrected chi connectivity index (χ4v) is 4.13. The SMILES string of the molecule is Cc1ccn(CC2CCCNC2)c(=O)c1C(=O)N1CCn2c(nnc2C(F)(F)F)C1. The van der Waals surface area contributed by atoms with Crippen LogP contribution in [-0.2, 0) is 25.8 Å². The second kappa shape index (κ2) is 7.86. The zero-order valence-corrected chi connectivity index (χ0v) is 16.6. The smallest absolute Gasteiger partial charge is 0.329 e. The molecule has 2 aliphatic heterocycles.